The molecule has 0 aliphatic heterocycles. The first-order valence-electron chi connectivity index (χ1n) is 3.79. The summed E-state index contributed by atoms with van der Waals surface area (Å²) >= 11 is 0. The molecule has 1 heterocycles. The monoisotopic (exact) mass is 173 g/mol. The van der Waals surface area contributed by atoms with E-state index >= 15 is 0 Å². The minimum Gasteiger partial charge on any atom is -0.422 e. The molecular weight excluding hydrogens is 166 g/mol. The van der Waals surface area contributed by atoms with Gasteiger partial charge in [0, 0.05) is 17.2 Å². The van der Waals surface area contributed by atoms with Crippen molar-refractivity contribution in [3.63, 3.8) is 0 Å². The van der Waals surface area contributed by atoms with Crippen LogP contribution in [0.5, 0.6) is 0 Å². The molecule has 0 fully saturated rings. The lowest BCUT2D eigenvalue weighted by Crippen LogP contribution is -2.09. The number of hydrogen-bond donors (Lipinski definition) is 1. The highest BCUT2D eigenvalue weighted by Crippen LogP contribution is 2.22. The molecule has 1 aromatic rings. The zero-order valence-electron chi connectivity index (χ0n) is 6.83. The van der Waals surface area contributed by atoms with Crippen molar-refractivity contribution in [3.8, 4) is 0 Å². The molecule has 0 atom stereocenters. The Balaban J connectivity index is 2.76. The van der Waals surface area contributed by atoms with Crippen molar-refractivity contribution in [1.29, 1.82) is 5.41 Å². The Morgan fingerprint density at radius 2 is 2.08 bits per heavy atom. The number of rotatable bonds is 0. The van der Waals surface area contributed by atoms with E-state index in [1.165, 1.54) is 6.07 Å². The van der Waals surface area contributed by atoms with Crippen LogP contribution in [0.15, 0.2) is 40.1 Å². The molecule has 1 aromatic heterocycles. The zero-order chi connectivity index (χ0) is 9.42. The van der Waals surface area contributed by atoms with E-state index in [4.69, 9.17) is 9.83 Å². The standard InChI is InChI=1S/C10H7NO2/c1-6-2-4-8(11)7-3-5-9(12)13-10(6)7/h2-5,11H,1H2. The summed E-state index contributed by atoms with van der Waals surface area (Å²) in [6.07, 6.45) is 3.29. The number of hydrogen-bond acceptors (Lipinski definition) is 3. The smallest absolute Gasteiger partial charge is 0.336 e. The van der Waals surface area contributed by atoms with Crippen molar-refractivity contribution < 1.29 is 4.42 Å². The SMILES string of the molecule is C=C1C=CC(=N)c2ccc(=O)oc21. The quantitative estimate of drug-likeness (QED) is 0.647. The Morgan fingerprint density at radius 3 is 2.85 bits per heavy atom. The lowest BCUT2D eigenvalue weighted by atomic mass is 9.99. The Morgan fingerprint density at radius 1 is 1.31 bits per heavy atom. The summed E-state index contributed by atoms with van der Waals surface area (Å²) in [7, 11) is 0. The molecule has 0 amide bonds. The van der Waals surface area contributed by atoms with Crippen LogP contribution in [0.1, 0.15) is 11.3 Å². The van der Waals surface area contributed by atoms with E-state index in [1.807, 2.05) is 0 Å². The van der Waals surface area contributed by atoms with Gasteiger partial charge in [-0.15, -0.1) is 0 Å². The summed E-state index contributed by atoms with van der Waals surface area (Å²) in [6.45, 7) is 3.71. The highest BCUT2D eigenvalue weighted by atomic mass is 16.4. The van der Waals surface area contributed by atoms with Crippen LogP contribution in [0, 0.1) is 5.41 Å². The normalized spacial score (nSPS) is 14.5. The predicted molar refractivity (Wildman–Crippen MR) is 50.0 cm³/mol. The molecule has 0 aromatic carbocycles. The molecule has 1 aliphatic carbocycles. The molecule has 0 saturated heterocycles. The Kier molecular flexibility index (Phi) is 1.52. The predicted octanol–water partition coefficient (Wildman–Crippen LogP) is 1.59. The summed E-state index contributed by atoms with van der Waals surface area (Å²) in [4.78, 5) is 10.9. The van der Waals surface area contributed by atoms with E-state index < -0.39 is 5.63 Å². The zero-order valence-corrected chi connectivity index (χ0v) is 6.83. The first kappa shape index (κ1) is 7.73. The molecular formula is C10H7NO2. The topological polar surface area (TPSA) is 54.1 Å². The molecule has 3 nitrogen and oxygen atoms in total. The fourth-order valence-electron chi connectivity index (χ4n) is 1.22. The average Bonchev–Trinajstić information content (AvgIpc) is 2.12. The molecule has 3 heteroatoms. The number of fused-ring (bicyclic) bond motifs is 1. The minimum atomic E-state index is -0.414. The molecule has 0 bridgehead atoms. The maximum Gasteiger partial charge on any atom is 0.336 e. The van der Waals surface area contributed by atoms with Crippen molar-refractivity contribution in [2.24, 2.45) is 0 Å². The van der Waals surface area contributed by atoms with Gasteiger partial charge in [-0.3, -0.25) is 0 Å². The van der Waals surface area contributed by atoms with E-state index in [2.05, 4.69) is 6.58 Å². The lowest BCUT2D eigenvalue weighted by Gasteiger charge is -2.10. The van der Waals surface area contributed by atoms with Crippen molar-refractivity contribution in [3.05, 3.63) is 52.6 Å². The lowest BCUT2D eigenvalue weighted by molar-refractivity contribution is 0.497. The van der Waals surface area contributed by atoms with Gasteiger partial charge in [0.25, 0.3) is 0 Å². The van der Waals surface area contributed by atoms with E-state index in [1.54, 1.807) is 18.2 Å². The third kappa shape index (κ3) is 1.14. The fourth-order valence-corrected chi connectivity index (χ4v) is 1.22. The molecule has 0 spiro atoms. The number of allylic oxidation sites excluding steroid dienone is 3. The second-order valence-corrected chi connectivity index (χ2v) is 2.77. The van der Waals surface area contributed by atoms with Crippen molar-refractivity contribution >= 4 is 11.3 Å². The van der Waals surface area contributed by atoms with Gasteiger partial charge >= 0.3 is 5.63 Å². The Hall–Kier alpha value is -1.90. The van der Waals surface area contributed by atoms with Gasteiger partial charge in [0.15, 0.2) is 0 Å². The van der Waals surface area contributed by atoms with Crippen molar-refractivity contribution in [2.75, 3.05) is 0 Å². The Labute approximate surface area is 74.5 Å². The molecule has 0 radical (unpaired) electrons. The summed E-state index contributed by atoms with van der Waals surface area (Å²) in [6, 6.07) is 2.89. The van der Waals surface area contributed by atoms with Crippen LogP contribution in [0.3, 0.4) is 0 Å². The van der Waals surface area contributed by atoms with Gasteiger partial charge in [-0.25, -0.2) is 4.79 Å². The van der Waals surface area contributed by atoms with Gasteiger partial charge in [-0.05, 0) is 18.2 Å². The molecule has 64 valence electrons. The van der Waals surface area contributed by atoms with Crippen LogP contribution >= 0.6 is 0 Å². The molecule has 0 unspecified atom stereocenters. The summed E-state index contributed by atoms with van der Waals surface area (Å²) in [5.41, 5.74) is 1.17. The van der Waals surface area contributed by atoms with Gasteiger partial charge < -0.3 is 9.83 Å². The summed E-state index contributed by atoms with van der Waals surface area (Å²) < 4.78 is 4.94. The van der Waals surface area contributed by atoms with Crippen molar-refractivity contribution in [2.45, 2.75) is 0 Å². The fraction of sp³-hybridized carbons (Fsp3) is 0. The number of nitrogens with one attached hydrogen (secondary N) is 1. The van der Waals surface area contributed by atoms with Crippen LogP contribution in [-0.2, 0) is 0 Å². The molecule has 1 N–H and O–H groups in total. The molecule has 0 saturated carbocycles. The minimum absolute atomic E-state index is 0.339. The third-order valence-electron chi connectivity index (χ3n) is 1.87. The van der Waals surface area contributed by atoms with Gasteiger partial charge in [0.2, 0.25) is 0 Å². The maximum absolute atomic E-state index is 10.9. The van der Waals surface area contributed by atoms with E-state index in [0.29, 0.717) is 22.6 Å². The van der Waals surface area contributed by atoms with Gasteiger partial charge in [0.05, 0.1) is 5.71 Å². The van der Waals surface area contributed by atoms with Crippen LogP contribution in [0.2, 0.25) is 0 Å². The van der Waals surface area contributed by atoms with Crippen LogP contribution in [-0.4, -0.2) is 5.71 Å². The van der Waals surface area contributed by atoms with Crippen LogP contribution in [0.25, 0.3) is 5.57 Å². The van der Waals surface area contributed by atoms with E-state index in [-0.39, 0.29) is 0 Å². The molecule has 2 rings (SSSR count). The van der Waals surface area contributed by atoms with E-state index in [9.17, 15) is 4.79 Å². The molecule has 13 heavy (non-hydrogen) atoms. The third-order valence-corrected chi connectivity index (χ3v) is 1.87. The van der Waals surface area contributed by atoms with E-state index in [0.717, 1.165) is 0 Å². The highest BCUT2D eigenvalue weighted by Gasteiger charge is 2.14. The second kappa shape index (κ2) is 2.55. The summed E-state index contributed by atoms with van der Waals surface area (Å²) in [5.74, 6) is 0.403. The van der Waals surface area contributed by atoms with Gasteiger partial charge in [0.1, 0.15) is 5.76 Å². The van der Waals surface area contributed by atoms with Gasteiger partial charge in [-0.1, -0.05) is 6.58 Å². The first-order chi connectivity index (χ1) is 6.18. The van der Waals surface area contributed by atoms with Crippen LogP contribution < -0.4 is 5.63 Å². The second-order valence-electron chi connectivity index (χ2n) is 2.77. The highest BCUT2D eigenvalue weighted by molar-refractivity contribution is 6.12. The van der Waals surface area contributed by atoms with Gasteiger partial charge in [-0.2, -0.15) is 0 Å². The van der Waals surface area contributed by atoms with Crippen molar-refractivity contribution in [1.82, 2.24) is 0 Å². The largest absolute Gasteiger partial charge is 0.422 e. The van der Waals surface area contributed by atoms with Crippen LogP contribution in [0.4, 0.5) is 0 Å². The first-order valence-corrected chi connectivity index (χ1v) is 3.79. The average molecular weight is 173 g/mol. The maximum atomic E-state index is 10.9. The Bertz CT molecular complexity index is 480. The molecule has 1 aliphatic rings. The summed E-state index contributed by atoms with van der Waals surface area (Å²) in [5, 5.41) is 7.54.